The highest BCUT2D eigenvalue weighted by Gasteiger charge is 2.17. The van der Waals surface area contributed by atoms with Crippen LogP contribution in [0.25, 0.3) is 5.69 Å². The summed E-state index contributed by atoms with van der Waals surface area (Å²) in [6, 6.07) is 27.9. The predicted molar refractivity (Wildman–Crippen MR) is 128 cm³/mol. The summed E-state index contributed by atoms with van der Waals surface area (Å²) in [6.07, 6.45) is 0.320. The molecule has 0 saturated heterocycles. The van der Waals surface area contributed by atoms with Crippen LogP contribution in [-0.4, -0.2) is 21.6 Å². The molecule has 7 nitrogen and oxygen atoms in total. The van der Waals surface area contributed by atoms with Gasteiger partial charge in [-0.3, -0.25) is 9.59 Å². The molecule has 1 aromatic heterocycles. The van der Waals surface area contributed by atoms with Gasteiger partial charge in [0.15, 0.2) is 5.69 Å². The molecule has 0 bridgehead atoms. The minimum absolute atomic E-state index is 0.162. The lowest BCUT2D eigenvalue weighted by atomic mass is 10.2. The van der Waals surface area contributed by atoms with Gasteiger partial charge >= 0.3 is 0 Å². The van der Waals surface area contributed by atoms with Gasteiger partial charge < -0.3 is 15.4 Å². The Kier molecular flexibility index (Phi) is 6.80. The van der Waals surface area contributed by atoms with Gasteiger partial charge in [0.2, 0.25) is 5.91 Å². The Morgan fingerprint density at radius 1 is 0.879 bits per heavy atom. The highest BCUT2D eigenvalue weighted by molar-refractivity contribution is 6.04. The van der Waals surface area contributed by atoms with Gasteiger partial charge in [-0.15, -0.1) is 0 Å². The van der Waals surface area contributed by atoms with Crippen LogP contribution in [0.3, 0.4) is 0 Å². The second-order valence-electron chi connectivity index (χ2n) is 7.32. The Balaban J connectivity index is 1.46. The van der Waals surface area contributed by atoms with Crippen LogP contribution in [0.15, 0.2) is 91.0 Å². The molecule has 0 aliphatic carbocycles. The lowest BCUT2D eigenvalue weighted by molar-refractivity contribution is -0.115. The van der Waals surface area contributed by atoms with E-state index < -0.39 is 0 Å². The molecule has 166 valence electrons. The van der Waals surface area contributed by atoms with Gasteiger partial charge in [-0.2, -0.15) is 5.10 Å². The number of nitrogens with zero attached hydrogens (tertiary/aromatic N) is 2. The number of benzene rings is 3. The maximum Gasteiger partial charge on any atom is 0.276 e. The van der Waals surface area contributed by atoms with Crippen molar-refractivity contribution < 1.29 is 14.3 Å². The first-order valence-electron chi connectivity index (χ1n) is 10.7. The third kappa shape index (κ3) is 5.65. The minimum atomic E-state index is -0.380. The Morgan fingerprint density at radius 3 is 2.21 bits per heavy atom. The molecule has 0 aliphatic heterocycles. The van der Waals surface area contributed by atoms with Crippen LogP contribution in [0.1, 0.15) is 29.4 Å². The fourth-order valence-corrected chi connectivity index (χ4v) is 3.15. The first-order chi connectivity index (χ1) is 16.1. The van der Waals surface area contributed by atoms with Gasteiger partial charge in [-0.25, -0.2) is 4.68 Å². The fraction of sp³-hybridized carbons (Fsp3) is 0.115. The van der Waals surface area contributed by atoms with Crippen LogP contribution in [0.4, 0.5) is 11.5 Å². The van der Waals surface area contributed by atoms with E-state index in [0.717, 1.165) is 11.3 Å². The lowest BCUT2D eigenvalue weighted by Crippen LogP contribution is -2.14. The number of carbonyl (C=O) groups excluding carboxylic acids is 2. The zero-order chi connectivity index (χ0) is 23.0. The van der Waals surface area contributed by atoms with Crippen molar-refractivity contribution in [3.05, 3.63) is 102 Å². The molecular formula is C26H24N4O3. The summed E-state index contributed by atoms with van der Waals surface area (Å²) in [5.74, 6) is 0.595. The molecule has 0 fully saturated rings. The molecule has 0 unspecified atom stereocenters. The molecule has 4 rings (SSSR count). The number of rotatable bonds is 8. The standard InChI is InChI=1S/C26H24N4O3/c1-2-25(31)28-24-17-23(29-30(24)21-11-7-4-8-12-21)26(32)27-20-13-15-22(16-14-20)33-18-19-9-5-3-6-10-19/h3-17H,2,18H2,1H3,(H,27,32)(H,28,31). The summed E-state index contributed by atoms with van der Waals surface area (Å²) in [6.45, 7) is 2.23. The molecule has 0 spiro atoms. The van der Waals surface area contributed by atoms with Gasteiger partial charge in [0.25, 0.3) is 5.91 Å². The van der Waals surface area contributed by atoms with Crippen molar-refractivity contribution in [3.8, 4) is 11.4 Å². The number of nitrogens with one attached hydrogen (secondary N) is 2. The third-order valence-electron chi connectivity index (χ3n) is 4.89. The molecule has 0 atom stereocenters. The van der Waals surface area contributed by atoms with E-state index in [1.54, 1.807) is 41.9 Å². The molecule has 7 heteroatoms. The molecular weight excluding hydrogens is 416 g/mol. The Morgan fingerprint density at radius 2 is 1.55 bits per heavy atom. The summed E-state index contributed by atoms with van der Waals surface area (Å²) in [5.41, 5.74) is 2.62. The summed E-state index contributed by atoms with van der Waals surface area (Å²) >= 11 is 0. The molecule has 4 aromatic rings. The van der Waals surface area contributed by atoms with Crippen LogP contribution in [0.5, 0.6) is 5.75 Å². The van der Waals surface area contributed by atoms with Gasteiger partial charge in [0, 0.05) is 18.2 Å². The van der Waals surface area contributed by atoms with Crippen molar-refractivity contribution >= 4 is 23.3 Å². The van der Waals surface area contributed by atoms with E-state index in [4.69, 9.17) is 4.74 Å². The van der Waals surface area contributed by atoms with Crippen molar-refractivity contribution in [2.75, 3.05) is 10.6 Å². The van der Waals surface area contributed by atoms with Gasteiger partial charge in [0.1, 0.15) is 18.2 Å². The number of para-hydroxylation sites is 1. The SMILES string of the molecule is CCC(=O)Nc1cc(C(=O)Nc2ccc(OCc3ccccc3)cc2)nn1-c1ccccc1. The molecule has 1 heterocycles. The highest BCUT2D eigenvalue weighted by atomic mass is 16.5. The minimum Gasteiger partial charge on any atom is -0.489 e. The number of hydrogen-bond acceptors (Lipinski definition) is 4. The average Bonchev–Trinajstić information content (AvgIpc) is 3.28. The van der Waals surface area contributed by atoms with Crippen molar-refractivity contribution in [3.63, 3.8) is 0 Å². The lowest BCUT2D eigenvalue weighted by Gasteiger charge is -2.08. The van der Waals surface area contributed by atoms with E-state index in [2.05, 4.69) is 15.7 Å². The van der Waals surface area contributed by atoms with Crippen LogP contribution in [0.2, 0.25) is 0 Å². The molecule has 2 amide bonds. The Bertz CT molecular complexity index is 1220. The normalized spacial score (nSPS) is 10.5. The number of anilines is 2. The fourth-order valence-electron chi connectivity index (χ4n) is 3.15. The van der Waals surface area contributed by atoms with E-state index in [1.807, 2.05) is 60.7 Å². The Labute approximate surface area is 192 Å². The quantitative estimate of drug-likeness (QED) is 0.401. The monoisotopic (exact) mass is 440 g/mol. The molecule has 3 aromatic carbocycles. The summed E-state index contributed by atoms with van der Waals surface area (Å²) in [4.78, 5) is 24.8. The summed E-state index contributed by atoms with van der Waals surface area (Å²) < 4.78 is 7.33. The predicted octanol–water partition coefficient (Wildman–Crippen LogP) is 5.05. The number of aromatic nitrogens is 2. The second-order valence-corrected chi connectivity index (χ2v) is 7.32. The molecule has 2 N–H and O–H groups in total. The third-order valence-corrected chi connectivity index (χ3v) is 4.89. The number of hydrogen-bond donors (Lipinski definition) is 2. The van der Waals surface area contributed by atoms with Crippen molar-refractivity contribution in [1.82, 2.24) is 9.78 Å². The van der Waals surface area contributed by atoms with Crippen LogP contribution in [-0.2, 0) is 11.4 Å². The van der Waals surface area contributed by atoms with Crippen LogP contribution >= 0.6 is 0 Å². The first kappa shape index (κ1) is 21.8. The Hall–Kier alpha value is -4.39. The van der Waals surface area contributed by atoms with E-state index in [9.17, 15) is 9.59 Å². The van der Waals surface area contributed by atoms with Gasteiger partial charge in [0.05, 0.1) is 5.69 Å². The van der Waals surface area contributed by atoms with E-state index in [0.29, 0.717) is 30.3 Å². The number of amides is 2. The van der Waals surface area contributed by atoms with Crippen LogP contribution in [0, 0.1) is 0 Å². The van der Waals surface area contributed by atoms with Crippen molar-refractivity contribution in [1.29, 1.82) is 0 Å². The number of ether oxygens (including phenoxy) is 1. The van der Waals surface area contributed by atoms with E-state index >= 15 is 0 Å². The second kappa shape index (κ2) is 10.3. The molecule has 0 aliphatic rings. The number of carbonyl (C=O) groups is 2. The highest BCUT2D eigenvalue weighted by Crippen LogP contribution is 2.20. The molecule has 0 radical (unpaired) electrons. The van der Waals surface area contributed by atoms with Gasteiger partial charge in [-0.1, -0.05) is 55.5 Å². The van der Waals surface area contributed by atoms with E-state index in [1.165, 1.54) is 0 Å². The first-order valence-corrected chi connectivity index (χ1v) is 10.7. The zero-order valence-corrected chi connectivity index (χ0v) is 18.2. The summed E-state index contributed by atoms with van der Waals surface area (Å²) in [5, 5.41) is 10.0. The summed E-state index contributed by atoms with van der Waals surface area (Å²) in [7, 11) is 0. The van der Waals surface area contributed by atoms with Crippen molar-refractivity contribution in [2.24, 2.45) is 0 Å². The maximum atomic E-state index is 12.8. The molecule has 33 heavy (non-hydrogen) atoms. The average molecular weight is 441 g/mol. The van der Waals surface area contributed by atoms with Gasteiger partial charge in [-0.05, 0) is 42.0 Å². The van der Waals surface area contributed by atoms with Crippen LogP contribution < -0.4 is 15.4 Å². The topological polar surface area (TPSA) is 85.2 Å². The van der Waals surface area contributed by atoms with E-state index in [-0.39, 0.29) is 17.5 Å². The zero-order valence-electron chi connectivity index (χ0n) is 18.2. The van der Waals surface area contributed by atoms with Crippen molar-refractivity contribution in [2.45, 2.75) is 20.0 Å². The molecule has 0 saturated carbocycles. The largest absolute Gasteiger partial charge is 0.489 e. The smallest absolute Gasteiger partial charge is 0.276 e. The maximum absolute atomic E-state index is 12.8.